The number of benzene rings is 1. The molecule has 7 heteroatoms. The second-order valence-electron chi connectivity index (χ2n) is 4.44. The minimum absolute atomic E-state index is 0.276. The van der Waals surface area contributed by atoms with Crippen molar-refractivity contribution in [2.24, 2.45) is 7.05 Å². The fraction of sp³-hybridized carbons (Fsp3) is 0.0714. The lowest BCUT2D eigenvalue weighted by atomic mass is 10.1. The van der Waals surface area contributed by atoms with E-state index >= 15 is 0 Å². The molecule has 0 aliphatic heterocycles. The Hall–Kier alpha value is -3.09. The lowest BCUT2D eigenvalue weighted by Gasteiger charge is -2.04. The van der Waals surface area contributed by atoms with Crippen molar-refractivity contribution in [3.05, 3.63) is 54.9 Å². The number of amides is 1. The Balaban J connectivity index is 1.74. The summed E-state index contributed by atoms with van der Waals surface area (Å²) in [6.07, 6.45) is 6.52. The van der Waals surface area contributed by atoms with Crippen LogP contribution in [0.25, 0.3) is 11.1 Å². The third-order valence-electron chi connectivity index (χ3n) is 2.87. The summed E-state index contributed by atoms with van der Waals surface area (Å²) in [6.45, 7) is 0. The van der Waals surface area contributed by atoms with Crippen LogP contribution in [0.5, 0.6) is 0 Å². The number of hydrogen-bond donors (Lipinski definition) is 1. The first-order chi connectivity index (χ1) is 10.2. The van der Waals surface area contributed by atoms with Gasteiger partial charge in [-0.25, -0.2) is 9.97 Å². The van der Waals surface area contributed by atoms with Crippen molar-refractivity contribution >= 4 is 11.6 Å². The Morgan fingerprint density at radius 2 is 1.81 bits per heavy atom. The molecule has 0 saturated carbocycles. The third-order valence-corrected chi connectivity index (χ3v) is 2.87. The number of aromatic nitrogens is 5. The summed E-state index contributed by atoms with van der Waals surface area (Å²) in [5.74, 6) is -0.293. The van der Waals surface area contributed by atoms with Crippen molar-refractivity contribution in [2.75, 3.05) is 5.32 Å². The van der Waals surface area contributed by atoms with Gasteiger partial charge in [0.15, 0.2) is 5.69 Å². The van der Waals surface area contributed by atoms with Crippen molar-refractivity contribution in [3.8, 4) is 11.1 Å². The maximum absolute atomic E-state index is 11.9. The van der Waals surface area contributed by atoms with Crippen LogP contribution in [0, 0.1) is 0 Å². The van der Waals surface area contributed by atoms with Crippen LogP contribution in [0.4, 0.5) is 5.69 Å². The molecule has 7 nitrogen and oxygen atoms in total. The SMILES string of the molecule is Cn1cc(C(=O)Nc2ccc(-c3cncnc3)cc2)nn1. The average Bonchev–Trinajstić information content (AvgIpc) is 2.96. The molecule has 104 valence electrons. The molecule has 0 aliphatic rings. The number of carbonyl (C=O) groups excluding carboxylic acids is 1. The summed E-state index contributed by atoms with van der Waals surface area (Å²) in [6, 6.07) is 7.42. The molecular formula is C14H12N6O. The molecule has 0 aliphatic carbocycles. The highest BCUT2D eigenvalue weighted by Crippen LogP contribution is 2.19. The smallest absolute Gasteiger partial charge is 0.277 e. The van der Waals surface area contributed by atoms with Gasteiger partial charge in [0, 0.05) is 30.7 Å². The topological polar surface area (TPSA) is 85.6 Å². The minimum atomic E-state index is -0.293. The van der Waals surface area contributed by atoms with Crippen LogP contribution in [0.1, 0.15) is 10.5 Å². The van der Waals surface area contributed by atoms with Crippen LogP contribution in [-0.4, -0.2) is 30.9 Å². The van der Waals surface area contributed by atoms with Crippen LogP contribution >= 0.6 is 0 Å². The van der Waals surface area contributed by atoms with Crippen LogP contribution in [0.15, 0.2) is 49.2 Å². The lowest BCUT2D eigenvalue weighted by Crippen LogP contribution is -2.12. The Morgan fingerprint density at radius 3 is 2.43 bits per heavy atom. The van der Waals surface area contributed by atoms with Gasteiger partial charge in [-0.15, -0.1) is 5.10 Å². The first-order valence-corrected chi connectivity index (χ1v) is 6.25. The second-order valence-corrected chi connectivity index (χ2v) is 4.44. The Kier molecular flexibility index (Phi) is 3.38. The Morgan fingerprint density at radius 1 is 1.10 bits per heavy atom. The molecule has 0 fully saturated rings. The lowest BCUT2D eigenvalue weighted by molar-refractivity contribution is 0.102. The number of hydrogen-bond acceptors (Lipinski definition) is 5. The summed E-state index contributed by atoms with van der Waals surface area (Å²) in [5, 5.41) is 10.3. The number of anilines is 1. The molecule has 2 heterocycles. The standard InChI is InChI=1S/C14H12N6O/c1-20-8-13(18-19-20)14(21)17-12-4-2-10(3-5-12)11-6-15-9-16-7-11/h2-9H,1H3,(H,17,21). The van der Waals surface area contributed by atoms with E-state index in [9.17, 15) is 4.79 Å². The van der Waals surface area contributed by atoms with Gasteiger partial charge in [0.2, 0.25) is 0 Å². The maximum atomic E-state index is 11.9. The third kappa shape index (κ3) is 2.92. The Labute approximate surface area is 120 Å². The Bertz CT molecular complexity index is 751. The van der Waals surface area contributed by atoms with Crippen molar-refractivity contribution in [3.63, 3.8) is 0 Å². The maximum Gasteiger partial charge on any atom is 0.277 e. The van der Waals surface area contributed by atoms with Gasteiger partial charge in [-0.3, -0.25) is 9.48 Å². The fourth-order valence-electron chi connectivity index (χ4n) is 1.84. The molecule has 2 aromatic heterocycles. The number of aryl methyl sites for hydroxylation is 1. The quantitative estimate of drug-likeness (QED) is 0.786. The van der Waals surface area contributed by atoms with Crippen LogP contribution < -0.4 is 5.32 Å². The molecular weight excluding hydrogens is 268 g/mol. The van der Waals surface area contributed by atoms with Crippen molar-refractivity contribution < 1.29 is 4.79 Å². The molecule has 1 amide bonds. The molecule has 0 bridgehead atoms. The number of nitrogens with one attached hydrogen (secondary N) is 1. The molecule has 0 spiro atoms. The highest BCUT2D eigenvalue weighted by atomic mass is 16.2. The predicted octanol–water partition coefficient (Wildman–Crippen LogP) is 1.52. The highest BCUT2D eigenvalue weighted by Gasteiger charge is 2.10. The molecule has 0 atom stereocenters. The van der Waals surface area contributed by atoms with E-state index in [1.54, 1.807) is 25.6 Å². The zero-order valence-electron chi connectivity index (χ0n) is 11.3. The summed E-state index contributed by atoms with van der Waals surface area (Å²) in [5.41, 5.74) is 2.86. The van der Waals surface area contributed by atoms with Gasteiger partial charge < -0.3 is 5.32 Å². The molecule has 3 rings (SSSR count). The monoisotopic (exact) mass is 280 g/mol. The van der Waals surface area contributed by atoms with Gasteiger partial charge in [0.1, 0.15) is 6.33 Å². The molecule has 3 aromatic rings. The molecule has 0 saturated heterocycles. The van der Waals surface area contributed by atoms with E-state index in [0.29, 0.717) is 5.69 Å². The first-order valence-electron chi connectivity index (χ1n) is 6.25. The normalized spacial score (nSPS) is 10.3. The summed E-state index contributed by atoms with van der Waals surface area (Å²) >= 11 is 0. The van der Waals surface area contributed by atoms with E-state index < -0.39 is 0 Å². The van der Waals surface area contributed by atoms with E-state index in [1.165, 1.54) is 11.0 Å². The summed E-state index contributed by atoms with van der Waals surface area (Å²) in [7, 11) is 1.71. The number of nitrogens with zero attached hydrogens (tertiary/aromatic N) is 5. The summed E-state index contributed by atoms with van der Waals surface area (Å²) < 4.78 is 1.48. The van der Waals surface area contributed by atoms with E-state index in [-0.39, 0.29) is 11.6 Å². The van der Waals surface area contributed by atoms with Crippen LogP contribution in [0.2, 0.25) is 0 Å². The van der Waals surface area contributed by atoms with E-state index in [2.05, 4.69) is 25.6 Å². The van der Waals surface area contributed by atoms with E-state index in [1.807, 2.05) is 24.3 Å². The molecule has 1 aromatic carbocycles. The molecule has 0 unspecified atom stereocenters. The van der Waals surface area contributed by atoms with Crippen molar-refractivity contribution in [1.82, 2.24) is 25.0 Å². The zero-order valence-corrected chi connectivity index (χ0v) is 11.3. The van der Waals surface area contributed by atoms with Gasteiger partial charge in [-0.1, -0.05) is 17.3 Å². The van der Waals surface area contributed by atoms with Gasteiger partial charge >= 0.3 is 0 Å². The number of rotatable bonds is 3. The fourth-order valence-corrected chi connectivity index (χ4v) is 1.84. The first kappa shape index (κ1) is 12.9. The highest BCUT2D eigenvalue weighted by molar-refractivity contribution is 6.02. The zero-order chi connectivity index (χ0) is 14.7. The molecule has 0 radical (unpaired) electrons. The second kappa shape index (κ2) is 5.49. The van der Waals surface area contributed by atoms with Gasteiger partial charge in [-0.05, 0) is 17.7 Å². The van der Waals surface area contributed by atoms with Crippen LogP contribution in [-0.2, 0) is 7.05 Å². The largest absolute Gasteiger partial charge is 0.321 e. The van der Waals surface area contributed by atoms with E-state index in [4.69, 9.17) is 0 Å². The predicted molar refractivity (Wildman–Crippen MR) is 76.4 cm³/mol. The van der Waals surface area contributed by atoms with E-state index in [0.717, 1.165) is 11.1 Å². The summed E-state index contributed by atoms with van der Waals surface area (Å²) in [4.78, 5) is 19.9. The molecule has 1 N–H and O–H groups in total. The van der Waals surface area contributed by atoms with Gasteiger partial charge in [0.05, 0.1) is 6.20 Å². The van der Waals surface area contributed by atoms with Crippen molar-refractivity contribution in [2.45, 2.75) is 0 Å². The number of carbonyl (C=O) groups is 1. The molecule has 21 heavy (non-hydrogen) atoms. The average molecular weight is 280 g/mol. The van der Waals surface area contributed by atoms with Crippen molar-refractivity contribution in [1.29, 1.82) is 0 Å². The minimum Gasteiger partial charge on any atom is -0.321 e. The van der Waals surface area contributed by atoms with Crippen LogP contribution in [0.3, 0.4) is 0 Å². The van der Waals surface area contributed by atoms with Gasteiger partial charge in [-0.2, -0.15) is 0 Å². The van der Waals surface area contributed by atoms with Gasteiger partial charge in [0.25, 0.3) is 5.91 Å².